The van der Waals surface area contributed by atoms with Crippen LogP contribution < -0.4 is 16.2 Å². The molecule has 27 heavy (non-hydrogen) atoms. The first-order chi connectivity index (χ1) is 12.9. The summed E-state index contributed by atoms with van der Waals surface area (Å²) in [5, 5.41) is 6.09. The third-order valence-corrected chi connectivity index (χ3v) is 5.23. The van der Waals surface area contributed by atoms with E-state index in [0.717, 1.165) is 19.3 Å². The van der Waals surface area contributed by atoms with E-state index in [1.54, 1.807) is 16.7 Å². The Morgan fingerprint density at radius 2 is 2.04 bits per heavy atom. The van der Waals surface area contributed by atoms with Gasteiger partial charge in [-0.15, -0.1) is 0 Å². The summed E-state index contributed by atoms with van der Waals surface area (Å²) in [7, 11) is 0. The largest absolute Gasteiger partial charge is 0.335 e. The Kier molecular flexibility index (Phi) is 6.15. The van der Waals surface area contributed by atoms with Gasteiger partial charge in [-0.3, -0.25) is 19.5 Å². The van der Waals surface area contributed by atoms with Crippen molar-refractivity contribution < 1.29 is 9.59 Å². The van der Waals surface area contributed by atoms with Gasteiger partial charge >= 0.3 is 6.03 Å². The number of nitrogens with one attached hydrogen (secondary N) is 2. The molecule has 0 aliphatic heterocycles. The summed E-state index contributed by atoms with van der Waals surface area (Å²) in [5.41, 5.74) is 0.508. The van der Waals surface area contributed by atoms with E-state index in [1.807, 2.05) is 12.1 Å². The fourth-order valence-corrected chi connectivity index (χ4v) is 3.41. The molecular weight excluding hydrogens is 364 g/mol. The van der Waals surface area contributed by atoms with Crippen LogP contribution in [0, 0.1) is 5.92 Å². The number of thioether (sulfide) groups is 1. The first-order valence-electron chi connectivity index (χ1n) is 9.16. The highest BCUT2D eigenvalue weighted by Gasteiger charge is 2.24. The molecule has 1 aliphatic rings. The molecule has 3 amide bonds. The summed E-state index contributed by atoms with van der Waals surface area (Å²) >= 11 is 1.17. The maximum atomic E-state index is 12.9. The van der Waals surface area contributed by atoms with Crippen LogP contribution in [0.3, 0.4) is 0 Å². The average molecular weight is 388 g/mol. The molecule has 2 N–H and O–H groups in total. The second kappa shape index (κ2) is 8.56. The number of hydrogen-bond donors (Lipinski definition) is 2. The first-order valence-corrected chi connectivity index (χ1v) is 10.2. The van der Waals surface area contributed by atoms with Crippen molar-refractivity contribution in [3.05, 3.63) is 34.6 Å². The Hall–Kier alpha value is -2.35. The van der Waals surface area contributed by atoms with Crippen LogP contribution in [-0.2, 0) is 11.3 Å². The molecule has 1 aromatic heterocycles. The number of carbonyl (C=O) groups excluding carboxylic acids is 2. The molecule has 0 atom stereocenters. The maximum Gasteiger partial charge on any atom is 0.321 e. The molecule has 0 bridgehead atoms. The quantitative estimate of drug-likeness (QED) is 0.562. The van der Waals surface area contributed by atoms with Crippen LogP contribution in [0.4, 0.5) is 4.79 Å². The number of benzene rings is 1. The number of hydrogen-bond acceptors (Lipinski definition) is 5. The second-order valence-corrected chi connectivity index (χ2v) is 8.08. The summed E-state index contributed by atoms with van der Waals surface area (Å²) in [5.74, 6) is 0.0523. The lowest BCUT2D eigenvalue weighted by molar-refractivity contribution is -0.117. The monoisotopic (exact) mass is 388 g/mol. The number of nitrogens with zero attached hydrogens (tertiary/aromatic N) is 2. The average Bonchev–Trinajstić information content (AvgIpc) is 3.43. The van der Waals surface area contributed by atoms with Crippen molar-refractivity contribution in [3.8, 4) is 0 Å². The molecular formula is C19H24N4O3S. The summed E-state index contributed by atoms with van der Waals surface area (Å²) in [6, 6.07) is 6.92. The second-order valence-electron chi connectivity index (χ2n) is 7.14. The minimum Gasteiger partial charge on any atom is -0.335 e. The number of para-hydroxylation sites is 1. The molecule has 0 spiro atoms. The highest BCUT2D eigenvalue weighted by atomic mass is 32.2. The lowest BCUT2D eigenvalue weighted by atomic mass is 10.1. The van der Waals surface area contributed by atoms with Crippen LogP contribution in [-0.4, -0.2) is 33.3 Å². The van der Waals surface area contributed by atoms with E-state index in [2.05, 4.69) is 29.5 Å². The van der Waals surface area contributed by atoms with Gasteiger partial charge < -0.3 is 5.32 Å². The van der Waals surface area contributed by atoms with E-state index in [9.17, 15) is 14.4 Å². The molecule has 144 valence electrons. The number of carbonyl (C=O) groups is 2. The van der Waals surface area contributed by atoms with E-state index >= 15 is 0 Å². The van der Waals surface area contributed by atoms with Gasteiger partial charge in [0.05, 0.1) is 16.7 Å². The third kappa shape index (κ3) is 5.32. The summed E-state index contributed by atoms with van der Waals surface area (Å²) in [6.07, 6.45) is 2.75. The number of rotatable bonds is 7. The highest BCUT2D eigenvalue weighted by Crippen LogP contribution is 2.19. The SMILES string of the molecule is CC(C)CCn1c(SCC(=O)NC(=O)NC2CC2)nc2ccccc2c1=O. The molecule has 0 radical (unpaired) electrons. The molecule has 1 heterocycles. The van der Waals surface area contributed by atoms with Gasteiger partial charge in [0.1, 0.15) is 0 Å². The Bertz CT molecular complexity index is 905. The topological polar surface area (TPSA) is 93.1 Å². The van der Waals surface area contributed by atoms with E-state index in [4.69, 9.17) is 0 Å². The van der Waals surface area contributed by atoms with Crippen LogP contribution in [0.25, 0.3) is 10.9 Å². The smallest absolute Gasteiger partial charge is 0.321 e. The van der Waals surface area contributed by atoms with Crippen molar-refractivity contribution in [1.82, 2.24) is 20.2 Å². The standard InChI is InChI=1S/C19H24N4O3S/c1-12(2)9-10-23-17(25)14-5-3-4-6-15(14)21-19(23)27-11-16(24)22-18(26)20-13-7-8-13/h3-6,12-13H,7-11H2,1-2H3,(H2,20,22,24,26). The van der Waals surface area contributed by atoms with Crippen LogP contribution >= 0.6 is 11.8 Å². The molecule has 7 nitrogen and oxygen atoms in total. The maximum absolute atomic E-state index is 12.9. The predicted molar refractivity (Wildman–Crippen MR) is 106 cm³/mol. The summed E-state index contributed by atoms with van der Waals surface area (Å²) in [4.78, 5) is 41.1. The van der Waals surface area contributed by atoms with Gasteiger partial charge in [0.25, 0.3) is 5.56 Å². The van der Waals surface area contributed by atoms with Gasteiger partial charge in [0.15, 0.2) is 5.16 Å². The zero-order valence-electron chi connectivity index (χ0n) is 15.5. The van der Waals surface area contributed by atoms with Gasteiger partial charge in [0, 0.05) is 12.6 Å². The van der Waals surface area contributed by atoms with E-state index in [0.29, 0.717) is 28.5 Å². The molecule has 0 unspecified atom stereocenters. The van der Waals surface area contributed by atoms with Crippen molar-refractivity contribution in [2.75, 3.05) is 5.75 Å². The lowest BCUT2D eigenvalue weighted by Gasteiger charge is -2.14. The Morgan fingerprint density at radius 3 is 2.74 bits per heavy atom. The molecule has 1 aromatic carbocycles. The number of amides is 3. The van der Waals surface area contributed by atoms with Crippen molar-refractivity contribution in [2.24, 2.45) is 5.92 Å². The van der Waals surface area contributed by atoms with Crippen molar-refractivity contribution in [3.63, 3.8) is 0 Å². The van der Waals surface area contributed by atoms with Crippen LogP contribution in [0.5, 0.6) is 0 Å². The summed E-state index contributed by atoms with van der Waals surface area (Å²) < 4.78 is 1.63. The minimum atomic E-state index is -0.466. The van der Waals surface area contributed by atoms with Gasteiger partial charge in [-0.05, 0) is 37.3 Å². The van der Waals surface area contributed by atoms with E-state index < -0.39 is 11.9 Å². The number of urea groups is 1. The Labute approximate surface area is 161 Å². The molecule has 2 aromatic rings. The van der Waals surface area contributed by atoms with Crippen LogP contribution in [0.1, 0.15) is 33.1 Å². The molecule has 3 rings (SSSR count). The van der Waals surface area contributed by atoms with Gasteiger partial charge in [-0.25, -0.2) is 9.78 Å². The lowest BCUT2D eigenvalue weighted by Crippen LogP contribution is -2.41. The van der Waals surface area contributed by atoms with Crippen LogP contribution in [0.15, 0.2) is 34.2 Å². The normalized spacial score (nSPS) is 13.7. The van der Waals surface area contributed by atoms with Gasteiger partial charge in [0.2, 0.25) is 5.91 Å². The fourth-order valence-electron chi connectivity index (χ4n) is 2.58. The van der Waals surface area contributed by atoms with Crippen molar-refractivity contribution >= 4 is 34.6 Å². The van der Waals surface area contributed by atoms with E-state index in [1.165, 1.54) is 11.8 Å². The zero-order valence-corrected chi connectivity index (χ0v) is 16.3. The molecule has 1 aliphatic carbocycles. The van der Waals surface area contributed by atoms with Crippen molar-refractivity contribution in [2.45, 2.75) is 50.9 Å². The molecule has 0 saturated heterocycles. The first kappa shape index (κ1) is 19.4. The number of aromatic nitrogens is 2. The summed E-state index contributed by atoms with van der Waals surface area (Å²) in [6.45, 7) is 4.73. The highest BCUT2D eigenvalue weighted by molar-refractivity contribution is 7.99. The molecule has 8 heteroatoms. The van der Waals surface area contributed by atoms with Crippen LogP contribution in [0.2, 0.25) is 0 Å². The van der Waals surface area contributed by atoms with Gasteiger partial charge in [-0.2, -0.15) is 0 Å². The van der Waals surface area contributed by atoms with Crippen molar-refractivity contribution in [1.29, 1.82) is 0 Å². The Morgan fingerprint density at radius 1 is 1.30 bits per heavy atom. The zero-order chi connectivity index (χ0) is 19.4. The minimum absolute atomic E-state index is 0.0184. The predicted octanol–water partition coefficient (Wildman–Crippen LogP) is 2.52. The number of imide groups is 1. The number of fused-ring (bicyclic) bond motifs is 1. The van der Waals surface area contributed by atoms with Gasteiger partial charge in [-0.1, -0.05) is 37.7 Å². The molecule has 1 saturated carbocycles. The molecule has 1 fully saturated rings. The fraction of sp³-hybridized carbons (Fsp3) is 0.474. The third-order valence-electron chi connectivity index (χ3n) is 4.25. The Balaban J connectivity index is 1.74. The van der Waals surface area contributed by atoms with E-state index in [-0.39, 0.29) is 17.4 Å².